The maximum absolute atomic E-state index is 12.5. The van der Waals surface area contributed by atoms with Gasteiger partial charge in [0.15, 0.2) is 0 Å². The second kappa shape index (κ2) is 10.1. The highest BCUT2D eigenvalue weighted by molar-refractivity contribution is 8.00. The Bertz CT molecular complexity index is 1010. The molecule has 0 bridgehead atoms. The SMILES string of the molecule is CNC(=O)c1cccc(NC(=O)C(C)Sc2nnc(CC(C)c3ccccc3)o2)c1. The number of rotatable bonds is 8. The summed E-state index contributed by atoms with van der Waals surface area (Å²) in [7, 11) is 1.56. The molecule has 1 heterocycles. The van der Waals surface area contributed by atoms with Crippen LogP contribution in [0.5, 0.6) is 0 Å². The fourth-order valence-electron chi connectivity index (χ4n) is 2.86. The molecule has 8 heteroatoms. The Hall–Kier alpha value is -3.13. The first-order valence-corrected chi connectivity index (χ1v) is 10.5. The van der Waals surface area contributed by atoms with Gasteiger partial charge in [0.1, 0.15) is 0 Å². The van der Waals surface area contributed by atoms with E-state index in [0.717, 1.165) is 0 Å². The Morgan fingerprint density at radius 3 is 2.57 bits per heavy atom. The highest BCUT2D eigenvalue weighted by Gasteiger charge is 2.20. The van der Waals surface area contributed by atoms with E-state index >= 15 is 0 Å². The van der Waals surface area contributed by atoms with Gasteiger partial charge in [-0.25, -0.2) is 0 Å². The van der Waals surface area contributed by atoms with Crippen LogP contribution < -0.4 is 10.6 Å². The fourth-order valence-corrected chi connectivity index (χ4v) is 3.56. The number of anilines is 1. The highest BCUT2D eigenvalue weighted by Crippen LogP contribution is 2.25. The Kier molecular flexibility index (Phi) is 7.24. The molecule has 2 atom stereocenters. The molecule has 0 aliphatic carbocycles. The van der Waals surface area contributed by atoms with E-state index in [9.17, 15) is 9.59 Å². The van der Waals surface area contributed by atoms with Gasteiger partial charge in [0, 0.05) is 24.7 Å². The molecular formula is C22H24N4O3S. The van der Waals surface area contributed by atoms with Crippen molar-refractivity contribution < 1.29 is 14.0 Å². The molecule has 156 valence electrons. The fraction of sp³-hybridized carbons (Fsp3) is 0.273. The predicted molar refractivity (Wildman–Crippen MR) is 117 cm³/mol. The van der Waals surface area contributed by atoms with Crippen molar-refractivity contribution in [3.05, 3.63) is 71.6 Å². The molecule has 2 aromatic carbocycles. The molecule has 0 fully saturated rings. The Morgan fingerprint density at radius 1 is 1.07 bits per heavy atom. The van der Waals surface area contributed by atoms with E-state index in [4.69, 9.17) is 4.42 Å². The first-order valence-electron chi connectivity index (χ1n) is 9.63. The second-order valence-electron chi connectivity index (χ2n) is 6.89. The largest absolute Gasteiger partial charge is 0.416 e. The van der Waals surface area contributed by atoms with Crippen molar-refractivity contribution in [2.45, 2.75) is 36.7 Å². The molecule has 30 heavy (non-hydrogen) atoms. The lowest BCUT2D eigenvalue weighted by atomic mass is 9.98. The van der Waals surface area contributed by atoms with E-state index in [-0.39, 0.29) is 17.7 Å². The minimum absolute atomic E-state index is 0.211. The number of amides is 2. The molecule has 0 saturated heterocycles. The highest BCUT2D eigenvalue weighted by atomic mass is 32.2. The van der Waals surface area contributed by atoms with Crippen molar-refractivity contribution in [2.24, 2.45) is 0 Å². The normalized spacial score (nSPS) is 12.8. The predicted octanol–water partition coefficient (Wildman–Crippen LogP) is 3.89. The number of nitrogens with one attached hydrogen (secondary N) is 2. The van der Waals surface area contributed by atoms with Crippen LogP contribution in [0.2, 0.25) is 0 Å². The van der Waals surface area contributed by atoms with Gasteiger partial charge in [0.2, 0.25) is 11.8 Å². The van der Waals surface area contributed by atoms with Crippen LogP contribution in [0.15, 0.2) is 64.2 Å². The maximum atomic E-state index is 12.5. The lowest BCUT2D eigenvalue weighted by Crippen LogP contribution is -2.23. The molecule has 7 nitrogen and oxygen atoms in total. The molecule has 3 aromatic rings. The van der Waals surface area contributed by atoms with Crippen LogP contribution in [0.1, 0.15) is 41.6 Å². The van der Waals surface area contributed by atoms with Crippen molar-refractivity contribution in [3.63, 3.8) is 0 Å². The Balaban J connectivity index is 1.56. The molecule has 2 N–H and O–H groups in total. The number of aromatic nitrogens is 2. The van der Waals surface area contributed by atoms with Crippen molar-refractivity contribution in [1.82, 2.24) is 15.5 Å². The molecule has 0 aliphatic heterocycles. The second-order valence-corrected chi connectivity index (χ2v) is 8.18. The summed E-state index contributed by atoms with van der Waals surface area (Å²) in [6.07, 6.45) is 0.629. The van der Waals surface area contributed by atoms with Gasteiger partial charge < -0.3 is 15.1 Å². The molecule has 1 aromatic heterocycles. The van der Waals surface area contributed by atoms with Gasteiger partial charge in [-0.15, -0.1) is 10.2 Å². The van der Waals surface area contributed by atoms with Crippen LogP contribution in [-0.2, 0) is 11.2 Å². The standard InChI is InChI=1S/C22H24N4O3S/c1-14(16-8-5-4-6-9-16)12-19-25-26-22(29-19)30-15(2)20(27)24-18-11-7-10-17(13-18)21(28)23-3/h4-11,13-15H,12H2,1-3H3,(H,23,28)(H,24,27). The van der Waals surface area contributed by atoms with Crippen LogP contribution in [0, 0.1) is 0 Å². The molecular weight excluding hydrogens is 400 g/mol. The summed E-state index contributed by atoms with van der Waals surface area (Å²) in [5, 5.41) is 13.4. The molecule has 0 saturated carbocycles. The maximum Gasteiger partial charge on any atom is 0.277 e. The average Bonchev–Trinajstić information content (AvgIpc) is 3.20. The summed E-state index contributed by atoms with van der Waals surface area (Å²) in [6, 6.07) is 16.9. The van der Waals surface area contributed by atoms with Gasteiger partial charge in [0.25, 0.3) is 11.1 Å². The molecule has 2 unspecified atom stereocenters. The van der Waals surface area contributed by atoms with Crippen LogP contribution in [0.25, 0.3) is 0 Å². The zero-order valence-electron chi connectivity index (χ0n) is 17.1. The molecule has 0 radical (unpaired) electrons. The minimum Gasteiger partial charge on any atom is -0.416 e. The van der Waals surface area contributed by atoms with Crippen LogP contribution in [0.4, 0.5) is 5.69 Å². The zero-order valence-corrected chi connectivity index (χ0v) is 17.9. The monoisotopic (exact) mass is 424 g/mol. The number of nitrogens with zero attached hydrogens (tertiary/aromatic N) is 2. The first kappa shape index (κ1) is 21.6. The smallest absolute Gasteiger partial charge is 0.277 e. The molecule has 0 spiro atoms. The summed E-state index contributed by atoms with van der Waals surface area (Å²) >= 11 is 1.20. The minimum atomic E-state index is -0.450. The zero-order chi connectivity index (χ0) is 21.5. The van der Waals surface area contributed by atoms with Crippen LogP contribution >= 0.6 is 11.8 Å². The lowest BCUT2D eigenvalue weighted by Gasteiger charge is -2.11. The number of thioether (sulfide) groups is 1. The van der Waals surface area contributed by atoms with E-state index in [1.807, 2.05) is 18.2 Å². The summed E-state index contributed by atoms with van der Waals surface area (Å²) in [5.74, 6) is 0.362. The third kappa shape index (κ3) is 5.70. The summed E-state index contributed by atoms with van der Waals surface area (Å²) in [6.45, 7) is 3.87. The van der Waals surface area contributed by atoms with Crippen LogP contribution in [0.3, 0.4) is 0 Å². The Morgan fingerprint density at radius 2 is 1.83 bits per heavy atom. The van der Waals surface area contributed by atoms with Gasteiger partial charge in [0.05, 0.1) is 5.25 Å². The third-order valence-corrected chi connectivity index (χ3v) is 5.50. The van der Waals surface area contributed by atoms with E-state index in [2.05, 4.69) is 39.9 Å². The molecule has 0 aliphatic rings. The number of benzene rings is 2. The number of hydrogen-bond acceptors (Lipinski definition) is 6. The van der Waals surface area contributed by atoms with Crippen molar-refractivity contribution in [1.29, 1.82) is 0 Å². The van der Waals surface area contributed by atoms with Crippen molar-refractivity contribution in [3.8, 4) is 0 Å². The van der Waals surface area contributed by atoms with Gasteiger partial charge in [-0.05, 0) is 36.6 Å². The first-order chi connectivity index (χ1) is 14.5. The van der Waals surface area contributed by atoms with Gasteiger partial charge in [-0.1, -0.05) is 55.1 Å². The van der Waals surface area contributed by atoms with Gasteiger partial charge in [-0.3, -0.25) is 9.59 Å². The summed E-state index contributed by atoms with van der Waals surface area (Å²) in [5.41, 5.74) is 2.23. The molecule has 2 amide bonds. The van der Waals surface area contributed by atoms with Crippen molar-refractivity contribution in [2.75, 3.05) is 12.4 Å². The van der Waals surface area contributed by atoms with E-state index in [1.54, 1.807) is 38.2 Å². The summed E-state index contributed by atoms with van der Waals surface area (Å²) < 4.78 is 5.72. The van der Waals surface area contributed by atoms with Gasteiger partial charge in [-0.2, -0.15) is 0 Å². The van der Waals surface area contributed by atoms with Gasteiger partial charge >= 0.3 is 0 Å². The van der Waals surface area contributed by atoms with E-state index < -0.39 is 5.25 Å². The average molecular weight is 425 g/mol. The quantitative estimate of drug-likeness (QED) is 0.533. The number of carbonyl (C=O) groups excluding carboxylic acids is 2. The van der Waals surface area contributed by atoms with E-state index in [0.29, 0.717) is 28.8 Å². The number of carbonyl (C=O) groups is 2. The third-order valence-electron chi connectivity index (χ3n) is 4.56. The Labute approximate surface area is 179 Å². The van der Waals surface area contributed by atoms with E-state index in [1.165, 1.54) is 17.3 Å². The molecule has 3 rings (SSSR count). The summed E-state index contributed by atoms with van der Waals surface area (Å²) in [4.78, 5) is 24.3. The van der Waals surface area contributed by atoms with Crippen molar-refractivity contribution >= 4 is 29.3 Å². The topological polar surface area (TPSA) is 97.1 Å². The number of hydrogen-bond donors (Lipinski definition) is 2. The van der Waals surface area contributed by atoms with Crippen LogP contribution in [-0.4, -0.2) is 34.3 Å². The lowest BCUT2D eigenvalue weighted by molar-refractivity contribution is -0.115.